The highest BCUT2D eigenvalue weighted by molar-refractivity contribution is 7.99. The lowest BCUT2D eigenvalue weighted by molar-refractivity contribution is 0.273. The normalized spacial score (nSPS) is 12.4. The van der Waals surface area contributed by atoms with E-state index in [1.807, 2.05) is 30.3 Å². The van der Waals surface area contributed by atoms with Crippen molar-refractivity contribution in [2.24, 2.45) is 0 Å². The zero-order valence-corrected chi connectivity index (χ0v) is 9.72. The number of ether oxygens (including phenoxy) is 1. The summed E-state index contributed by atoms with van der Waals surface area (Å²) in [4.78, 5) is 0. The third kappa shape index (κ3) is 4.05. The van der Waals surface area contributed by atoms with Crippen molar-refractivity contribution < 1.29 is 4.74 Å². The van der Waals surface area contributed by atoms with Gasteiger partial charge >= 0.3 is 0 Å². The van der Waals surface area contributed by atoms with Crippen molar-refractivity contribution >= 4 is 11.8 Å². The van der Waals surface area contributed by atoms with Gasteiger partial charge in [-0.25, -0.2) is 0 Å². The van der Waals surface area contributed by atoms with E-state index in [4.69, 9.17) is 4.74 Å². The Morgan fingerprint density at radius 3 is 2.57 bits per heavy atom. The Labute approximate surface area is 90.9 Å². The van der Waals surface area contributed by atoms with Gasteiger partial charge in [-0.2, -0.15) is 0 Å². The van der Waals surface area contributed by atoms with Gasteiger partial charge in [-0.15, -0.1) is 11.8 Å². The van der Waals surface area contributed by atoms with Crippen molar-refractivity contribution in [3.63, 3.8) is 0 Å². The molecular weight excluding hydrogens is 192 g/mol. The van der Waals surface area contributed by atoms with Crippen LogP contribution >= 0.6 is 11.8 Å². The van der Waals surface area contributed by atoms with Gasteiger partial charge in [0.1, 0.15) is 11.2 Å². The molecule has 0 bridgehead atoms. The zero-order valence-electron chi connectivity index (χ0n) is 8.90. The first-order valence-corrected chi connectivity index (χ1v) is 6.40. The molecule has 1 nitrogen and oxygen atoms in total. The van der Waals surface area contributed by atoms with Gasteiger partial charge in [-0.1, -0.05) is 31.5 Å². The Balaban J connectivity index is 2.40. The molecule has 0 aliphatic carbocycles. The molecule has 0 heterocycles. The maximum Gasteiger partial charge on any atom is 0.144 e. The summed E-state index contributed by atoms with van der Waals surface area (Å²) in [7, 11) is 0. The summed E-state index contributed by atoms with van der Waals surface area (Å²) in [6, 6.07) is 10.0. The van der Waals surface area contributed by atoms with Crippen LogP contribution in [0.2, 0.25) is 0 Å². The molecule has 0 fully saturated rings. The second-order valence-electron chi connectivity index (χ2n) is 3.24. The first-order chi connectivity index (χ1) is 6.86. The fraction of sp³-hybridized carbons (Fsp3) is 0.500. The minimum atomic E-state index is 0.303. The Morgan fingerprint density at radius 2 is 2.00 bits per heavy atom. The number of benzene rings is 1. The van der Waals surface area contributed by atoms with Gasteiger partial charge in [-0.3, -0.25) is 0 Å². The lowest BCUT2D eigenvalue weighted by Crippen LogP contribution is -2.11. The highest BCUT2D eigenvalue weighted by Gasteiger charge is 2.06. The van der Waals surface area contributed by atoms with Crippen LogP contribution in [0.4, 0.5) is 0 Å². The van der Waals surface area contributed by atoms with Crippen LogP contribution < -0.4 is 4.74 Å². The van der Waals surface area contributed by atoms with Gasteiger partial charge in [0.2, 0.25) is 0 Å². The van der Waals surface area contributed by atoms with E-state index in [2.05, 4.69) is 13.2 Å². The molecule has 2 heteroatoms. The molecule has 14 heavy (non-hydrogen) atoms. The Kier molecular flexibility index (Phi) is 5.53. The second kappa shape index (κ2) is 6.77. The average Bonchev–Trinajstić information content (AvgIpc) is 2.25. The van der Waals surface area contributed by atoms with Gasteiger partial charge in [-0.05, 0) is 31.2 Å². The topological polar surface area (TPSA) is 9.23 Å². The number of rotatable bonds is 6. The first-order valence-electron chi connectivity index (χ1n) is 5.11. The molecule has 1 atom stereocenters. The van der Waals surface area contributed by atoms with Crippen LogP contribution in [0.1, 0.15) is 26.2 Å². The van der Waals surface area contributed by atoms with Crippen LogP contribution in [-0.4, -0.2) is 11.7 Å². The number of unbranched alkanes of at least 4 members (excludes halogenated alkanes) is 1. The zero-order chi connectivity index (χ0) is 10.2. The monoisotopic (exact) mass is 210 g/mol. The summed E-state index contributed by atoms with van der Waals surface area (Å²) < 4.78 is 5.83. The van der Waals surface area contributed by atoms with Crippen molar-refractivity contribution in [3.8, 4) is 5.75 Å². The molecule has 0 aliphatic heterocycles. The SMILES string of the molecule is CCCCC(Oc1ccccc1)SC. The molecule has 0 aliphatic rings. The fourth-order valence-electron chi connectivity index (χ4n) is 1.25. The predicted octanol–water partition coefficient (Wildman–Crippen LogP) is 3.94. The predicted molar refractivity (Wildman–Crippen MR) is 63.9 cm³/mol. The van der Waals surface area contributed by atoms with Gasteiger partial charge in [0, 0.05) is 0 Å². The summed E-state index contributed by atoms with van der Waals surface area (Å²) in [5.41, 5.74) is 0.303. The van der Waals surface area contributed by atoms with E-state index in [1.165, 1.54) is 12.8 Å². The van der Waals surface area contributed by atoms with Crippen LogP contribution in [0.5, 0.6) is 5.75 Å². The molecule has 0 saturated carbocycles. The van der Waals surface area contributed by atoms with Crippen LogP contribution in [0.25, 0.3) is 0 Å². The summed E-state index contributed by atoms with van der Waals surface area (Å²) in [6.07, 6.45) is 5.70. The fourth-order valence-corrected chi connectivity index (χ4v) is 1.86. The Bertz CT molecular complexity index is 235. The first kappa shape index (κ1) is 11.4. The number of hydrogen-bond acceptors (Lipinski definition) is 2. The van der Waals surface area contributed by atoms with Crippen molar-refractivity contribution in [3.05, 3.63) is 30.3 Å². The summed E-state index contributed by atoms with van der Waals surface area (Å²) in [6.45, 7) is 2.21. The molecule has 0 aromatic heterocycles. The molecule has 78 valence electrons. The van der Waals surface area contributed by atoms with Crippen LogP contribution in [0.15, 0.2) is 30.3 Å². The Morgan fingerprint density at radius 1 is 1.29 bits per heavy atom. The molecule has 1 unspecified atom stereocenters. The molecule has 0 amide bonds. The molecule has 1 rings (SSSR count). The third-order valence-electron chi connectivity index (χ3n) is 2.07. The van der Waals surface area contributed by atoms with Gasteiger partial charge in [0.15, 0.2) is 0 Å². The molecule has 0 radical (unpaired) electrons. The maximum atomic E-state index is 5.83. The molecule has 0 spiro atoms. The second-order valence-corrected chi connectivity index (χ2v) is 4.24. The van der Waals surface area contributed by atoms with Crippen LogP contribution in [-0.2, 0) is 0 Å². The summed E-state index contributed by atoms with van der Waals surface area (Å²) in [5, 5.41) is 0. The quantitative estimate of drug-likeness (QED) is 0.658. The highest BCUT2D eigenvalue weighted by Crippen LogP contribution is 2.20. The molecule has 1 aromatic carbocycles. The molecule has 1 aromatic rings. The van der Waals surface area contributed by atoms with Crippen molar-refractivity contribution in [2.75, 3.05) is 6.26 Å². The number of thioether (sulfide) groups is 1. The number of hydrogen-bond donors (Lipinski definition) is 0. The van der Waals surface area contributed by atoms with E-state index in [0.717, 1.165) is 12.2 Å². The van der Waals surface area contributed by atoms with E-state index in [9.17, 15) is 0 Å². The largest absolute Gasteiger partial charge is 0.480 e. The van der Waals surface area contributed by atoms with Crippen LogP contribution in [0.3, 0.4) is 0 Å². The van der Waals surface area contributed by atoms with Gasteiger partial charge < -0.3 is 4.74 Å². The molecular formula is C12H18OS. The van der Waals surface area contributed by atoms with Crippen molar-refractivity contribution in [1.82, 2.24) is 0 Å². The van der Waals surface area contributed by atoms with E-state index < -0.39 is 0 Å². The smallest absolute Gasteiger partial charge is 0.144 e. The lowest BCUT2D eigenvalue weighted by Gasteiger charge is -2.16. The molecule has 0 saturated heterocycles. The maximum absolute atomic E-state index is 5.83. The van der Waals surface area contributed by atoms with Crippen LogP contribution in [0, 0.1) is 0 Å². The summed E-state index contributed by atoms with van der Waals surface area (Å²) in [5.74, 6) is 0.975. The third-order valence-corrected chi connectivity index (χ3v) is 2.92. The average molecular weight is 210 g/mol. The van der Waals surface area contributed by atoms with E-state index in [1.54, 1.807) is 11.8 Å². The van der Waals surface area contributed by atoms with E-state index in [-0.39, 0.29) is 0 Å². The number of para-hydroxylation sites is 1. The minimum Gasteiger partial charge on any atom is -0.480 e. The van der Waals surface area contributed by atoms with E-state index >= 15 is 0 Å². The summed E-state index contributed by atoms with van der Waals surface area (Å²) >= 11 is 1.78. The standard InChI is InChI=1S/C12H18OS/c1-3-4-10-12(14-2)13-11-8-6-5-7-9-11/h5-9,12H,3-4,10H2,1-2H3. The van der Waals surface area contributed by atoms with Crippen molar-refractivity contribution in [1.29, 1.82) is 0 Å². The van der Waals surface area contributed by atoms with Gasteiger partial charge in [0.25, 0.3) is 0 Å². The minimum absolute atomic E-state index is 0.303. The highest BCUT2D eigenvalue weighted by atomic mass is 32.2. The van der Waals surface area contributed by atoms with Gasteiger partial charge in [0.05, 0.1) is 0 Å². The Hall–Kier alpha value is -0.630. The lowest BCUT2D eigenvalue weighted by atomic mass is 10.2. The molecule has 0 N–H and O–H groups in total. The van der Waals surface area contributed by atoms with Crippen molar-refractivity contribution in [2.45, 2.75) is 31.6 Å². The van der Waals surface area contributed by atoms with E-state index in [0.29, 0.717) is 5.44 Å².